The monoisotopic (exact) mass is 344 g/mol. The van der Waals surface area contributed by atoms with E-state index in [1.54, 1.807) is 11.0 Å². The summed E-state index contributed by atoms with van der Waals surface area (Å²) in [6, 6.07) is 5.24. The van der Waals surface area contributed by atoms with Crippen LogP contribution in [0.5, 0.6) is 0 Å². The van der Waals surface area contributed by atoms with Gasteiger partial charge in [-0.15, -0.1) is 0 Å². The van der Waals surface area contributed by atoms with Crippen LogP contribution >= 0.6 is 0 Å². The minimum absolute atomic E-state index is 0.0263. The number of rotatable bonds is 5. The third-order valence-corrected chi connectivity index (χ3v) is 5.08. The molecule has 2 aliphatic rings. The van der Waals surface area contributed by atoms with E-state index in [1.807, 2.05) is 26.0 Å². The van der Waals surface area contributed by atoms with Crippen LogP contribution in [-0.2, 0) is 22.7 Å². The maximum Gasteiger partial charge on any atom is 0.255 e. The van der Waals surface area contributed by atoms with E-state index in [0.29, 0.717) is 25.1 Å². The number of hydrogen-bond acceptors (Lipinski definition) is 5. The van der Waals surface area contributed by atoms with Crippen molar-refractivity contribution in [1.29, 1.82) is 0 Å². The zero-order chi connectivity index (χ0) is 18.1. The Morgan fingerprint density at radius 1 is 1.32 bits per heavy atom. The predicted octanol–water partition coefficient (Wildman–Crippen LogP) is 0.273. The van der Waals surface area contributed by atoms with E-state index >= 15 is 0 Å². The van der Waals surface area contributed by atoms with Crippen molar-refractivity contribution in [3.63, 3.8) is 0 Å². The third kappa shape index (κ3) is 3.43. The molecule has 1 aromatic rings. The lowest BCUT2D eigenvalue weighted by Crippen LogP contribution is -2.52. The van der Waals surface area contributed by atoms with Gasteiger partial charge in [0, 0.05) is 37.2 Å². The van der Waals surface area contributed by atoms with Gasteiger partial charge < -0.3 is 16.0 Å². The van der Waals surface area contributed by atoms with Crippen molar-refractivity contribution < 1.29 is 14.4 Å². The Balaban J connectivity index is 1.78. The average molecular weight is 344 g/mol. The lowest BCUT2D eigenvalue weighted by atomic mass is 10.0. The van der Waals surface area contributed by atoms with Gasteiger partial charge in [0.25, 0.3) is 5.91 Å². The van der Waals surface area contributed by atoms with Crippen molar-refractivity contribution in [3.8, 4) is 0 Å². The van der Waals surface area contributed by atoms with Crippen molar-refractivity contribution in [2.24, 2.45) is 5.73 Å². The largest absolute Gasteiger partial charge is 0.327 e. The predicted molar refractivity (Wildman–Crippen MR) is 92.4 cm³/mol. The molecule has 4 N–H and O–H groups in total. The lowest BCUT2D eigenvalue weighted by Gasteiger charge is -2.29. The highest BCUT2D eigenvalue weighted by Gasteiger charge is 2.39. The topological polar surface area (TPSA) is 105 Å². The van der Waals surface area contributed by atoms with Gasteiger partial charge in [-0.05, 0) is 37.5 Å². The number of fused-ring (bicyclic) bond motifs is 1. The minimum atomic E-state index is -0.582. The Kier molecular flexibility index (Phi) is 4.87. The molecule has 1 aromatic carbocycles. The summed E-state index contributed by atoms with van der Waals surface area (Å²) in [4.78, 5) is 37.8. The van der Waals surface area contributed by atoms with Crippen LogP contribution in [0.15, 0.2) is 18.2 Å². The number of amides is 3. The molecule has 2 aliphatic heterocycles. The van der Waals surface area contributed by atoms with Gasteiger partial charge in [0.05, 0.1) is 0 Å². The van der Waals surface area contributed by atoms with Crippen LogP contribution in [0.2, 0.25) is 0 Å². The van der Waals surface area contributed by atoms with Crippen LogP contribution in [0.3, 0.4) is 0 Å². The van der Waals surface area contributed by atoms with Crippen LogP contribution in [0.25, 0.3) is 0 Å². The first kappa shape index (κ1) is 17.6. The summed E-state index contributed by atoms with van der Waals surface area (Å²) in [5.74, 6) is -0.811. The summed E-state index contributed by atoms with van der Waals surface area (Å²) in [6.45, 7) is 4.98. The molecule has 0 spiro atoms. The van der Waals surface area contributed by atoms with Gasteiger partial charge in [-0.2, -0.15) is 0 Å². The molecule has 3 atom stereocenters. The smallest absolute Gasteiger partial charge is 0.255 e. The summed E-state index contributed by atoms with van der Waals surface area (Å²) in [5, 5.41) is 5.70. The molecular weight excluding hydrogens is 320 g/mol. The van der Waals surface area contributed by atoms with E-state index in [4.69, 9.17) is 5.73 Å². The van der Waals surface area contributed by atoms with E-state index in [9.17, 15) is 14.4 Å². The number of carbonyl (C=O) groups is 3. The fourth-order valence-electron chi connectivity index (χ4n) is 3.27. The first-order valence-electron chi connectivity index (χ1n) is 8.63. The molecule has 1 unspecified atom stereocenters. The standard InChI is InChI=1S/C18H24N4O3/c1-10(19)11(2)20-8-12-4-3-5-13-14(12)9-22(18(13)25)15-6-7-16(23)21-17(15)24/h3-5,10-11,15,20H,6-9,19H2,1-2H3,(H,21,23,24)/t10-,11+,15?/m1/s1. The number of nitrogens with zero attached hydrogens (tertiary/aromatic N) is 1. The van der Waals surface area contributed by atoms with E-state index in [1.165, 1.54) is 0 Å². The van der Waals surface area contributed by atoms with Gasteiger partial charge in [0.2, 0.25) is 11.8 Å². The van der Waals surface area contributed by atoms with Crippen LogP contribution in [0.1, 0.15) is 48.2 Å². The van der Waals surface area contributed by atoms with Crippen molar-refractivity contribution >= 4 is 17.7 Å². The van der Waals surface area contributed by atoms with Gasteiger partial charge in [0.15, 0.2) is 0 Å². The summed E-state index contributed by atoms with van der Waals surface area (Å²) in [5.41, 5.74) is 8.50. The van der Waals surface area contributed by atoms with Gasteiger partial charge in [-0.25, -0.2) is 0 Å². The minimum Gasteiger partial charge on any atom is -0.327 e. The van der Waals surface area contributed by atoms with E-state index in [2.05, 4.69) is 10.6 Å². The average Bonchev–Trinajstić information content (AvgIpc) is 2.90. The highest BCUT2D eigenvalue weighted by Crippen LogP contribution is 2.29. The van der Waals surface area contributed by atoms with E-state index < -0.39 is 6.04 Å². The molecule has 1 fully saturated rings. The molecular formula is C18H24N4O3. The van der Waals surface area contributed by atoms with Crippen molar-refractivity contribution in [2.45, 2.75) is 57.9 Å². The molecule has 0 saturated carbocycles. The second kappa shape index (κ2) is 6.93. The van der Waals surface area contributed by atoms with Crippen molar-refractivity contribution in [2.75, 3.05) is 0 Å². The molecule has 134 valence electrons. The first-order valence-corrected chi connectivity index (χ1v) is 8.63. The molecule has 0 aromatic heterocycles. The van der Waals surface area contributed by atoms with Gasteiger partial charge >= 0.3 is 0 Å². The molecule has 3 rings (SSSR count). The van der Waals surface area contributed by atoms with E-state index in [-0.39, 0.29) is 36.2 Å². The SMILES string of the molecule is C[C@H](NCc1cccc2c1CN(C1CCC(=O)NC1=O)C2=O)[C@@H](C)N. The molecule has 7 heteroatoms. The summed E-state index contributed by atoms with van der Waals surface area (Å²) in [7, 11) is 0. The molecule has 0 radical (unpaired) electrons. The number of hydrogen-bond donors (Lipinski definition) is 3. The number of carbonyl (C=O) groups excluding carboxylic acids is 3. The molecule has 0 bridgehead atoms. The quantitative estimate of drug-likeness (QED) is 0.665. The lowest BCUT2D eigenvalue weighted by molar-refractivity contribution is -0.136. The number of benzene rings is 1. The molecule has 1 saturated heterocycles. The molecule has 7 nitrogen and oxygen atoms in total. The Labute approximate surface area is 146 Å². The fourth-order valence-corrected chi connectivity index (χ4v) is 3.27. The van der Waals surface area contributed by atoms with Gasteiger partial charge in [0.1, 0.15) is 6.04 Å². The summed E-state index contributed by atoms with van der Waals surface area (Å²) in [6.07, 6.45) is 0.635. The Bertz CT molecular complexity index is 716. The van der Waals surface area contributed by atoms with Gasteiger partial charge in [-0.1, -0.05) is 12.1 Å². The zero-order valence-electron chi connectivity index (χ0n) is 14.5. The second-order valence-corrected chi connectivity index (χ2v) is 6.87. The Morgan fingerprint density at radius 2 is 2.08 bits per heavy atom. The fraction of sp³-hybridized carbons (Fsp3) is 0.500. The van der Waals surface area contributed by atoms with Crippen LogP contribution in [0.4, 0.5) is 0 Å². The Hall–Kier alpha value is -2.25. The van der Waals surface area contributed by atoms with Crippen LogP contribution in [-0.4, -0.2) is 40.7 Å². The maximum atomic E-state index is 12.7. The molecule has 2 heterocycles. The van der Waals surface area contributed by atoms with Crippen molar-refractivity contribution in [3.05, 3.63) is 34.9 Å². The van der Waals surface area contributed by atoms with Gasteiger partial charge in [-0.3, -0.25) is 19.7 Å². The number of imide groups is 1. The Morgan fingerprint density at radius 3 is 2.76 bits per heavy atom. The normalized spacial score (nSPS) is 22.6. The number of nitrogens with one attached hydrogen (secondary N) is 2. The summed E-state index contributed by atoms with van der Waals surface area (Å²) < 4.78 is 0. The molecule has 0 aliphatic carbocycles. The highest BCUT2D eigenvalue weighted by atomic mass is 16.2. The third-order valence-electron chi connectivity index (χ3n) is 5.08. The number of nitrogens with two attached hydrogens (primary N) is 1. The maximum absolute atomic E-state index is 12.7. The zero-order valence-corrected chi connectivity index (χ0v) is 14.5. The number of piperidine rings is 1. The van der Waals surface area contributed by atoms with Crippen LogP contribution in [0, 0.1) is 0 Å². The van der Waals surface area contributed by atoms with Crippen LogP contribution < -0.4 is 16.4 Å². The molecule has 3 amide bonds. The first-order chi connectivity index (χ1) is 11.9. The second-order valence-electron chi connectivity index (χ2n) is 6.87. The summed E-state index contributed by atoms with van der Waals surface area (Å²) >= 11 is 0. The highest BCUT2D eigenvalue weighted by molar-refractivity contribution is 6.05. The van der Waals surface area contributed by atoms with Crippen molar-refractivity contribution in [1.82, 2.24) is 15.5 Å². The van der Waals surface area contributed by atoms with E-state index in [0.717, 1.165) is 11.1 Å². The molecule has 25 heavy (non-hydrogen) atoms.